The number of esters is 1. The molecule has 1 aliphatic heterocycles. The summed E-state index contributed by atoms with van der Waals surface area (Å²) in [5.74, 6) is 0.499. The quantitative estimate of drug-likeness (QED) is 0.539. The zero-order chi connectivity index (χ0) is 19.3. The number of allylic oxidation sites excluding steroid dienone is 3. The third-order valence-corrected chi connectivity index (χ3v) is 5.48. The molecule has 0 bridgehead atoms. The molecule has 0 fully saturated rings. The summed E-state index contributed by atoms with van der Waals surface area (Å²) in [5, 5.41) is 2.15. The van der Waals surface area contributed by atoms with Gasteiger partial charge in [0.25, 0.3) is 0 Å². The molecule has 0 N–H and O–H groups in total. The third kappa shape index (κ3) is 2.48. The zero-order valence-electron chi connectivity index (χ0n) is 15.9. The van der Waals surface area contributed by atoms with E-state index in [0.29, 0.717) is 5.56 Å². The molecule has 1 aliphatic carbocycles. The van der Waals surface area contributed by atoms with E-state index in [9.17, 15) is 4.79 Å². The topological polar surface area (TPSA) is 40.5 Å². The Morgan fingerprint density at radius 2 is 2.04 bits per heavy atom. The van der Waals surface area contributed by atoms with Gasteiger partial charge < -0.3 is 14.0 Å². The van der Waals surface area contributed by atoms with E-state index in [2.05, 4.69) is 34.9 Å². The first kappa shape index (κ1) is 16.9. The van der Waals surface area contributed by atoms with Gasteiger partial charge in [0.1, 0.15) is 5.76 Å². The van der Waals surface area contributed by atoms with Crippen molar-refractivity contribution in [3.63, 3.8) is 0 Å². The van der Waals surface area contributed by atoms with Crippen molar-refractivity contribution in [3.8, 4) is 0 Å². The molecule has 1 unspecified atom stereocenters. The summed E-state index contributed by atoms with van der Waals surface area (Å²) in [4.78, 5) is 12.4. The van der Waals surface area contributed by atoms with E-state index in [4.69, 9.17) is 9.47 Å². The van der Waals surface area contributed by atoms with Crippen LogP contribution in [-0.4, -0.2) is 17.6 Å². The maximum atomic E-state index is 12.4. The van der Waals surface area contributed by atoms with E-state index < -0.39 is 0 Å². The van der Waals surface area contributed by atoms with E-state index >= 15 is 0 Å². The fourth-order valence-corrected chi connectivity index (χ4v) is 4.27. The van der Waals surface area contributed by atoms with E-state index in [-0.39, 0.29) is 12.1 Å². The number of fused-ring (bicyclic) bond motifs is 3. The van der Waals surface area contributed by atoms with Crippen LogP contribution in [0.2, 0.25) is 0 Å². The van der Waals surface area contributed by atoms with Crippen LogP contribution in [0.15, 0.2) is 66.0 Å². The Balaban J connectivity index is 1.90. The Morgan fingerprint density at radius 1 is 1.18 bits per heavy atom. The lowest BCUT2D eigenvalue weighted by molar-refractivity contribution is 0.0600. The molecule has 4 heteroatoms. The number of nitrogens with zero attached hydrogens (tertiary/aromatic N) is 1. The highest BCUT2D eigenvalue weighted by atomic mass is 16.5. The van der Waals surface area contributed by atoms with Crippen molar-refractivity contribution in [3.05, 3.63) is 77.1 Å². The molecule has 28 heavy (non-hydrogen) atoms. The van der Waals surface area contributed by atoms with E-state index in [0.717, 1.165) is 51.5 Å². The minimum Gasteiger partial charge on any atom is -0.484 e. The fraction of sp³-hybridized carbons (Fsp3) is 0.208. The molecule has 5 rings (SSSR count). The van der Waals surface area contributed by atoms with Crippen LogP contribution in [0.4, 0.5) is 0 Å². The van der Waals surface area contributed by atoms with E-state index in [1.807, 2.05) is 37.4 Å². The van der Waals surface area contributed by atoms with Gasteiger partial charge in [-0.1, -0.05) is 36.4 Å². The number of hydrogen-bond donors (Lipinski definition) is 0. The van der Waals surface area contributed by atoms with Crippen LogP contribution in [0.25, 0.3) is 28.0 Å². The van der Waals surface area contributed by atoms with Gasteiger partial charge in [-0.25, -0.2) is 4.79 Å². The maximum Gasteiger partial charge on any atom is 0.337 e. The average molecular weight is 371 g/mol. The van der Waals surface area contributed by atoms with Crippen LogP contribution in [0.1, 0.15) is 41.8 Å². The highest BCUT2D eigenvalue weighted by Crippen LogP contribution is 2.42. The van der Waals surface area contributed by atoms with Gasteiger partial charge in [-0.05, 0) is 43.5 Å². The molecule has 0 saturated carbocycles. The molecule has 0 radical (unpaired) electrons. The zero-order valence-corrected chi connectivity index (χ0v) is 15.9. The van der Waals surface area contributed by atoms with Crippen molar-refractivity contribution in [1.82, 2.24) is 4.57 Å². The van der Waals surface area contributed by atoms with Crippen LogP contribution in [0.5, 0.6) is 0 Å². The van der Waals surface area contributed by atoms with Crippen molar-refractivity contribution in [2.45, 2.75) is 25.9 Å². The maximum absolute atomic E-state index is 12.4. The molecule has 1 aromatic heterocycles. The second kappa shape index (κ2) is 6.41. The lowest BCUT2D eigenvalue weighted by Gasteiger charge is -2.22. The molecule has 1 atom stereocenters. The normalized spacial score (nSPS) is 18.4. The second-order valence-electron chi connectivity index (χ2n) is 7.26. The first-order valence-electron chi connectivity index (χ1n) is 9.54. The highest BCUT2D eigenvalue weighted by Gasteiger charge is 2.28. The largest absolute Gasteiger partial charge is 0.484 e. The van der Waals surface area contributed by atoms with Crippen molar-refractivity contribution >= 4 is 34.0 Å². The second-order valence-corrected chi connectivity index (χ2v) is 7.26. The van der Waals surface area contributed by atoms with Crippen molar-refractivity contribution < 1.29 is 14.3 Å². The average Bonchev–Trinajstić information content (AvgIpc) is 2.96. The fourth-order valence-electron chi connectivity index (χ4n) is 4.27. The summed E-state index contributed by atoms with van der Waals surface area (Å²) in [6.07, 6.45) is 10.4. The van der Waals surface area contributed by atoms with Crippen LogP contribution in [0.3, 0.4) is 0 Å². The number of methoxy groups -OCH3 is 1. The van der Waals surface area contributed by atoms with Crippen LogP contribution in [0, 0.1) is 0 Å². The van der Waals surface area contributed by atoms with Crippen LogP contribution in [-0.2, 0) is 9.47 Å². The molecule has 0 spiro atoms. The first-order chi connectivity index (χ1) is 13.7. The SMILES string of the molecule is COC(=O)c1cc2c3c(c1)c1ccccc1n3C=C(C)OC2C1=CCCC=C1. The highest BCUT2D eigenvalue weighted by molar-refractivity contribution is 6.12. The Morgan fingerprint density at radius 3 is 2.82 bits per heavy atom. The molecule has 2 heterocycles. The predicted molar refractivity (Wildman–Crippen MR) is 111 cm³/mol. The summed E-state index contributed by atoms with van der Waals surface area (Å²) in [7, 11) is 1.42. The van der Waals surface area contributed by atoms with Gasteiger partial charge in [-0.3, -0.25) is 0 Å². The van der Waals surface area contributed by atoms with Gasteiger partial charge >= 0.3 is 5.97 Å². The minimum atomic E-state index is -0.337. The summed E-state index contributed by atoms with van der Waals surface area (Å²) < 4.78 is 13.6. The number of ether oxygens (including phenoxy) is 2. The Hall–Kier alpha value is -3.27. The number of benzene rings is 2. The smallest absolute Gasteiger partial charge is 0.337 e. The van der Waals surface area contributed by atoms with Gasteiger partial charge in [-0.2, -0.15) is 0 Å². The molecular weight excluding hydrogens is 350 g/mol. The van der Waals surface area contributed by atoms with Crippen molar-refractivity contribution in [2.24, 2.45) is 0 Å². The molecule has 3 aromatic rings. The molecule has 0 saturated heterocycles. The number of hydrogen-bond acceptors (Lipinski definition) is 3. The standard InChI is InChI=1S/C24H21NO3/c1-15-14-25-21-11-7-6-10-18(21)19-12-17(24(26)27-2)13-20(22(19)25)23(28-15)16-8-4-3-5-9-16/h4,6-14,23H,3,5H2,1-2H3. The van der Waals surface area contributed by atoms with Crippen LogP contribution >= 0.6 is 0 Å². The number of para-hydroxylation sites is 1. The number of carbonyl (C=O) groups excluding carboxylic acids is 1. The molecular formula is C24H21NO3. The molecule has 4 nitrogen and oxygen atoms in total. The van der Waals surface area contributed by atoms with Crippen LogP contribution < -0.4 is 0 Å². The minimum absolute atomic E-state index is 0.259. The predicted octanol–water partition coefficient (Wildman–Crippen LogP) is 5.75. The van der Waals surface area contributed by atoms with E-state index in [1.54, 1.807) is 0 Å². The lowest BCUT2D eigenvalue weighted by Crippen LogP contribution is -2.09. The Labute approximate surface area is 163 Å². The van der Waals surface area contributed by atoms with Crippen molar-refractivity contribution in [1.29, 1.82) is 0 Å². The Bertz CT molecular complexity index is 1210. The summed E-state index contributed by atoms with van der Waals surface area (Å²) in [5.41, 5.74) is 4.83. The molecule has 2 aliphatic rings. The number of aromatic nitrogens is 1. The molecule has 140 valence electrons. The van der Waals surface area contributed by atoms with Gasteiger partial charge in [0.05, 0.1) is 23.7 Å². The monoisotopic (exact) mass is 371 g/mol. The van der Waals surface area contributed by atoms with Gasteiger partial charge in [0.2, 0.25) is 0 Å². The van der Waals surface area contributed by atoms with Crippen molar-refractivity contribution in [2.75, 3.05) is 7.11 Å². The molecule has 2 aromatic carbocycles. The summed E-state index contributed by atoms with van der Waals surface area (Å²) in [6, 6.07) is 12.1. The Kier molecular flexibility index (Phi) is 3.86. The van der Waals surface area contributed by atoms with Gasteiger partial charge in [-0.15, -0.1) is 0 Å². The number of rotatable bonds is 2. The lowest BCUT2D eigenvalue weighted by atomic mass is 9.93. The summed E-state index contributed by atoms with van der Waals surface area (Å²) in [6.45, 7) is 1.98. The van der Waals surface area contributed by atoms with Gasteiger partial charge in [0, 0.05) is 22.5 Å². The summed E-state index contributed by atoms with van der Waals surface area (Å²) >= 11 is 0. The molecule has 0 amide bonds. The third-order valence-electron chi connectivity index (χ3n) is 5.48. The number of carbonyl (C=O) groups is 1. The first-order valence-corrected chi connectivity index (χ1v) is 9.54. The van der Waals surface area contributed by atoms with E-state index in [1.165, 1.54) is 7.11 Å². The van der Waals surface area contributed by atoms with Gasteiger partial charge in [0.15, 0.2) is 6.10 Å².